The van der Waals surface area contributed by atoms with E-state index >= 15 is 0 Å². The average molecular weight is 328 g/mol. The molecule has 5 nitrogen and oxygen atoms in total. The Kier molecular flexibility index (Phi) is 4.56. The molecule has 3 rings (SSSR count). The van der Waals surface area contributed by atoms with Crippen molar-refractivity contribution in [3.8, 4) is 5.75 Å². The first-order valence-electron chi connectivity index (χ1n) is 7.18. The van der Waals surface area contributed by atoms with Crippen LogP contribution in [0.3, 0.4) is 0 Å². The van der Waals surface area contributed by atoms with Crippen LogP contribution in [0.2, 0.25) is 0 Å². The molecule has 0 radical (unpaired) electrons. The van der Waals surface area contributed by atoms with E-state index in [1.807, 2.05) is 12.1 Å². The third-order valence-corrected chi connectivity index (χ3v) is 3.25. The van der Waals surface area contributed by atoms with E-state index in [0.29, 0.717) is 5.58 Å². The number of halogens is 1. The summed E-state index contributed by atoms with van der Waals surface area (Å²) in [4.78, 5) is 23.6. The van der Waals surface area contributed by atoms with Gasteiger partial charge in [0.15, 0.2) is 30.5 Å². The van der Waals surface area contributed by atoms with E-state index in [1.54, 1.807) is 24.3 Å². The number of ketones is 1. The van der Waals surface area contributed by atoms with Crippen molar-refractivity contribution in [3.63, 3.8) is 0 Å². The first-order chi connectivity index (χ1) is 11.6. The molecular weight excluding hydrogens is 315 g/mol. The molecule has 0 aliphatic heterocycles. The molecule has 0 saturated carbocycles. The summed E-state index contributed by atoms with van der Waals surface area (Å²) in [6.45, 7) is -0.965. The third-order valence-electron chi connectivity index (χ3n) is 3.25. The molecule has 1 aromatic heterocycles. The molecule has 0 spiro atoms. The molecule has 0 fully saturated rings. The molecule has 24 heavy (non-hydrogen) atoms. The second-order valence-corrected chi connectivity index (χ2v) is 4.95. The maximum atomic E-state index is 13.3. The molecule has 0 N–H and O–H groups in total. The van der Waals surface area contributed by atoms with Crippen LogP contribution in [0.5, 0.6) is 5.75 Å². The number of benzene rings is 2. The quantitative estimate of drug-likeness (QED) is 0.513. The fourth-order valence-corrected chi connectivity index (χ4v) is 2.08. The lowest BCUT2D eigenvalue weighted by Gasteiger charge is -2.06. The van der Waals surface area contributed by atoms with Gasteiger partial charge in [-0.25, -0.2) is 9.18 Å². The smallest absolute Gasteiger partial charge is 0.344 e. The lowest BCUT2D eigenvalue weighted by Crippen LogP contribution is -2.19. The largest absolute Gasteiger partial charge is 0.479 e. The minimum atomic E-state index is -0.775. The Morgan fingerprint density at radius 2 is 1.75 bits per heavy atom. The van der Waals surface area contributed by atoms with Crippen LogP contribution < -0.4 is 4.74 Å². The molecule has 6 heteroatoms. The highest BCUT2D eigenvalue weighted by atomic mass is 19.1. The van der Waals surface area contributed by atoms with Crippen LogP contribution in [0.25, 0.3) is 11.0 Å². The van der Waals surface area contributed by atoms with Gasteiger partial charge in [-0.15, -0.1) is 0 Å². The lowest BCUT2D eigenvalue weighted by atomic mass is 10.2. The minimum Gasteiger partial charge on any atom is -0.479 e. The topological polar surface area (TPSA) is 65.7 Å². The van der Waals surface area contributed by atoms with E-state index in [2.05, 4.69) is 0 Å². The molecule has 0 aliphatic rings. The second-order valence-electron chi connectivity index (χ2n) is 4.95. The number of fused-ring (bicyclic) bond motifs is 1. The minimum absolute atomic E-state index is 0.0574. The van der Waals surface area contributed by atoms with Crippen LogP contribution >= 0.6 is 0 Å². The second kappa shape index (κ2) is 6.95. The normalized spacial score (nSPS) is 10.5. The zero-order chi connectivity index (χ0) is 16.9. The van der Waals surface area contributed by atoms with Crippen molar-refractivity contribution in [2.75, 3.05) is 13.2 Å². The van der Waals surface area contributed by atoms with Gasteiger partial charge in [0.25, 0.3) is 0 Å². The van der Waals surface area contributed by atoms with Gasteiger partial charge in [-0.3, -0.25) is 4.79 Å². The van der Waals surface area contributed by atoms with E-state index in [9.17, 15) is 14.0 Å². The van der Waals surface area contributed by atoms with Gasteiger partial charge in [0.2, 0.25) is 5.78 Å². The van der Waals surface area contributed by atoms with Gasteiger partial charge in [-0.05, 0) is 24.3 Å². The highest BCUT2D eigenvalue weighted by Gasteiger charge is 2.15. The molecule has 0 aliphatic carbocycles. The molecule has 0 saturated heterocycles. The third kappa shape index (κ3) is 3.60. The maximum Gasteiger partial charge on any atom is 0.344 e. The van der Waals surface area contributed by atoms with E-state index in [4.69, 9.17) is 13.9 Å². The van der Waals surface area contributed by atoms with Crippen molar-refractivity contribution >= 4 is 22.7 Å². The number of rotatable bonds is 6. The number of carbonyl (C=O) groups excluding carboxylic acids is 2. The van der Waals surface area contributed by atoms with Crippen molar-refractivity contribution in [1.82, 2.24) is 0 Å². The Morgan fingerprint density at radius 3 is 2.54 bits per heavy atom. The molecule has 0 atom stereocenters. The summed E-state index contributed by atoms with van der Waals surface area (Å²) in [5, 5.41) is 0.787. The lowest BCUT2D eigenvalue weighted by molar-refractivity contribution is -0.144. The Hall–Kier alpha value is -3.15. The molecule has 122 valence electrons. The summed E-state index contributed by atoms with van der Waals surface area (Å²) < 4.78 is 28.5. The first kappa shape index (κ1) is 15.7. The first-order valence-corrected chi connectivity index (χ1v) is 7.18. The van der Waals surface area contributed by atoms with E-state index in [-0.39, 0.29) is 11.5 Å². The predicted octanol–water partition coefficient (Wildman–Crippen LogP) is 3.38. The summed E-state index contributed by atoms with van der Waals surface area (Å²) in [6.07, 6.45) is 0. The molecule has 2 aromatic carbocycles. The number of carbonyl (C=O) groups is 2. The molecule has 1 heterocycles. The number of furan rings is 1. The van der Waals surface area contributed by atoms with E-state index in [0.717, 1.165) is 5.39 Å². The van der Waals surface area contributed by atoms with Crippen molar-refractivity contribution < 1.29 is 27.9 Å². The number of ether oxygens (including phenoxy) is 2. The maximum absolute atomic E-state index is 13.3. The number of hydrogen-bond acceptors (Lipinski definition) is 5. The van der Waals surface area contributed by atoms with Crippen LogP contribution in [0.4, 0.5) is 4.39 Å². The van der Waals surface area contributed by atoms with Gasteiger partial charge >= 0.3 is 5.97 Å². The summed E-state index contributed by atoms with van der Waals surface area (Å²) in [6, 6.07) is 14.4. The summed E-state index contributed by atoms with van der Waals surface area (Å²) in [5.74, 6) is -1.77. The van der Waals surface area contributed by atoms with Gasteiger partial charge in [0.05, 0.1) is 0 Å². The average Bonchev–Trinajstić information content (AvgIpc) is 3.03. The molecule has 0 unspecified atom stereocenters. The highest BCUT2D eigenvalue weighted by Crippen LogP contribution is 2.19. The van der Waals surface area contributed by atoms with Crippen LogP contribution in [0.1, 0.15) is 10.6 Å². The number of Topliss-reactive ketones (excluding diaryl/α,β-unsaturated/α-hetero) is 1. The van der Waals surface area contributed by atoms with Gasteiger partial charge < -0.3 is 13.9 Å². The number of para-hydroxylation sites is 2. The van der Waals surface area contributed by atoms with Gasteiger partial charge in [0, 0.05) is 5.39 Å². The van der Waals surface area contributed by atoms with Crippen LogP contribution in [0.15, 0.2) is 59.0 Å². The monoisotopic (exact) mass is 328 g/mol. The molecule has 0 bridgehead atoms. The molecule has 3 aromatic rings. The van der Waals surface area contributed by atoms with Gasteiger partial charge in [-0.2, -0.15) is 0 Å². The standard InChI is InChI=1S/C18H13FO5/c19-13-6-2-4-8-16(13)22-11-18(21)23-10-14(20)17-9-12-5-1-3-7-15(12)24-17/h1-9H,10-11H2. The van der Waals surface area contributed by atoms with Gasteiger partial charge in [-0.1, -0.05) is 30.3 Å². The van der Waals surface area contributed by atoms with E-state index in [1.165, 1.54) is 18.2 Å². The number of esters is 1. The summed E-state index contributed by atoms with van der Waals surface area (Å²) >= 11 is 0. The Balaban J connectivity index is 1.52. The molecular formula is C18H13FO5. The van der Waals surface area contributed by atoms with Crippen LogP contribution in [-0.2, 0) is 9.53 Å². The van der Waals surface area contributed by atoms with Crippen molar-refractivity contribution in [3.05, 3.63) is 66.2 Å². The van der Waals surface area contributed by atoms with Crippen LogP contribution in [-0.4, -0.2) is 25.0 Å². The summed E-state index contributed by atoms with van der Waals surface area (Å²) in [5.41, 5.74) is 0.579. The SMILES string of the molecule is O=C(COc1ccccc1F)OCC(=O)c1cc2ccccc2o1. The van der Waals surface area contributed by atoms with Crippen molar-refractivity contribution in [2.45, 2.75) is 0 Å². The zero-order valence-electron chi connectivity index (χ0n) is 12.5. The highest BCUT2D eigenvalue weighted by molar-refractivity contribution is 5.99. The molecule has 0 amide bonds. The van der Waals surface area contributed by atoms with Gasteiger partial charge in [0.1, 0.15) is 5.58 Å². The predicted molar refractivity (Wildman–Crippen MR) is 83.4 cm³/mol. The van der Waals surface area contributed by atoms with E-state index < -0.39 is 30.8 Å². The fourth-order valence-electron chi connectivity index (χ4n) is 2.08. The summed E-state index contributed by atoms with van der Waals surface area (Å²) in [7, 11) is 0. The Labute approximate surface area is 136 Å². The van der Waals surface area contributed by atoms with Crippen molar-refractivity contribution in [1.29, 1.82) is 0 Å². The zero-order valence-corrected chi connectivity index (χ0v) is 12.5. The number of hydrogen-bond donors (Lipinski definition) is 0. The fraction of sp³-hybridized carbons (Fsp3) is 0.111. The Bertz CT molecular complexity index is 851. The Morgan fingerprint density at radius 1 is 1.00 bits per heavy atom. The van der Waals surface area contributed by atoms with Crippen LogP contribution in [0, 0.1) is 5.82 Å². The van der Waals surface area contributed by atoms with Crippen molar-refractivity contribution in [2.24, 2.45) is 0 Å².